The first-order chi connectivity index (χ1) is 8.59. The van der Waals surface area contributed by atoms with Crippen molar-refractivity contribution in [3.05, 3.63) is 34.2 Å². The molecule has 5 nitrogen and oxygen atoms in total. The van der Waals surface area contributed by atoms with Gasteiger partial charge in [-0.1, -0.05) is 12.8 Å². The number of rotatable bonds is 2. The van der Waals surface area contributed by atoms with Crippen molar-refractivity contribution in [2.45, 2.75) is 37.8 Å². The van der Waals surface area contributed by atoms with E-state index in [1.807, 2.05) is 0 Å². The molecule has 5 heteroatoms. The fraction of sp³-hybridized carbons (Fsp3) is 0.538. The van der Waals surface area contributed by atoms with E-state index in [2.05, 4.69) is 4.98 Å². The zero-order valence-electron chi connectivity index (χ0n) is 10.4. The standard InChI is InChI=1S/C13H18N2O3/c1-15(10-4-2-3-5-11(10)16)13(18)9-6-7-12(17)14-8-9/h6-8,10-11,16H,2-5H2,1H3,(H,14,17). The highest BCUT2D eigenvalue weighted by Crippen LogP contribution is 2.23. The maximum atomic E-state index is 12.2. The lowest BCUT2D eigenvalue weighted by molar-refractivity contribution is 0.0267. The lowest BCUT2D eigenvalue weighted by Crippen LogP contribution is -2.46. The van der Waals surface area contributed by atoms with Crippen LogP contribution < -0.4 is 5.56 Å². The summed E-state index contributed by atoms with van der Waals surface area (Å²) in [5.74, 6) is -0.169. The summed E-state index contributed by atoms with van der Waals surface area (Å²) in [6, 6.07) is 2.71. The molecule has 0 saturated heterocycles. The molecule has 1 aliphatic rings. The van der Waals surface area contributed by atoms with Crippen LogP contribution in [0.5, 0.6) is 0 Å². The average molecular weight is 250 g/mol. The minimum absolute atomic E-state index is 0.127. The molecule has 2 atom stereocenters. The molecule has 2 N–H and O–H groups in total. The van der Waals surface area contributed by atoms with Gasteiger partial charge in [0.05, 0.1) is 17.7 Å². The van der Waals surface area contributed by atoms with Gasteiger partial charge in [0.2, 0.25) is 5.56 Å². The number of aromatic nitrogens is 1. The highest BCUT2D eigenvalue weighted by atomic mass is 16.3. The maximum absolute atomic E-state index is 12.2. The van der Waals surface area contributed by atoms with Crippen LogP contribution in [0.4, 0.5) is 0 Å². The first-order valence-electron chi connectivity index (χ1n) is 6.23. The third kappa shape index (κ3) is 2.61. The molecule has 0 aliphatic heterocycles. The smallest absolute Gasteiger partial charge is 0.255 e. The van der Waals surface area contributed by atoms with Gasteiger partial charge in [-0.15, -0.1) is 0 Å². The van der Waals surface area contributed by atoms with Crippen LogP contribution in [0, 0.1) is 0 Å². The second-order valence-corrected chi connectivity index (χ2v) is 4.78. The van der Waals surface area contributed by atoms with Crippen molar-refractivity contribution in [3.63, 3.8) is 0 Å². The van der Waals surface area contributed by atoms with E-state index in [-0.39, 0.29) is 17.5 Å². The number of likely N-dealkylation sites (N-methyl/N-ethyl adjacent to an activating group) is 1. The molecule has 2 rings (SSSR count). The highest BCUT2D eigenvalue weighted by molar-refractivity contribution is 5.93. The lowest BCUT2D eigenvalue weighted by Gasteiger charge is -2.35. The Kier molecular flexibility index (Phi) is 3.81. The second kappa shape index (κ2) is 5.35. The first kappa shape index (κ1) is 12.8. The predicted octanol–water partition coefficient (Wildman–Crippen LogP) is 0.750. The molecule has 1 fully saturated rings. The van der Waals surface area contributed by atoms with Crippen molar-refractivity contribution in [3.8, 4) is 0 Å². The number of pyridine rings is 1. The van der Waals surface area contributed by atoms with Crippen molar-refractivity contribution in [1.29, 1.82) is 0 Å². The zero-order valence-corrected chi connectivity index (χ0v) is 10.4. The second-order valence-electron chi connectivity index (χ2n) is 4.78. The van der Waals surface area contributed by atoms with E-state index in [4.69, 9.17) is 0 Å². The van der Waals surface area contributed by atoms with E-state index in [0.29, 0.717) is 5.56 Å². The van der Waals surface area contributed by atoms with Gasteiger partial charge in [0.1, 0.15) is 0 Å². The largest absolute Gasteiger partial charge is 0.391 e. The zero-order chi connectivity index (χ0) is 13.1. The third-order valence-corrected chi connectivity index (χ3v) is 3.54. The number of hydrogen-bond acceptors (Lipinski definition) is 3. The van der Waals surface area contributed by atoms with Crippen LogP contribution in [-0.2, 0) is 0 Å². The van der Waals surface area contributed by atoms with Crippen molar-refractivity contribution < 1.29 is 9.90 Å². The van der Waals surface area contributed by atoms with Gasteiger partial charge in [-0.25, -0.2) is 0 Å². The van der Waals surface area contributed by atoms with Crippen molar-refractivity contribution in [1.82, 2.24) is 9.88 Å². The van der Waals surface area contributed by atoms with E-state index in [9.17, 15) is 14.7 Å². The number of aliphatic hydroxyl groups is 1. The fourth-order valence-corrected chi connectivity index (χ4v) is 2.44. The molecule has 1 aromatic heterocycles. The normalized spacial score (nSPS) is 23.7. The number of amides is 1. The van der Waals surface area contributed by atoms with Gasteiger partial charge in [0, 0.05) is 19.3 Å². The van der Waals surface area contributed by atoms with Crippen molar-refractivity contribution in [2.24, 2.45) is 0 Å². The van der Waals surface area contributed by atoms with E-state index < -0.39 is 6.10 Å². The van der Waals surface area contributed by atoms with E-state index in [0.717, 1.165) is 25.7 Å². The number of aromatic amines is 1. The molecular formula is C13H18N2O3. The molecule has 1 aromatic rings. The number of carbonyl (C=O) groups is 1. The Balaban J connectivity index is 2.12. The monoisotopic (exact) mass is 250 g/mol. The Morgan fingerprint density at radius 2 is 2.11 bits per heavy atom. The molecule has 18 heavy (non-hydrogen) atoms. The Morgan fingerprint density at radius 1 is 1.39 bits per heavy atom. The average Bonchev–Trinajstić information content (AvgIpc) is 2.38. The summed E-state index contributed by atoms with van der Waals surface area (Å²) in [6.45, 7) is 0. The predicted molar refractivity (Wildman–Crippen MR) is 67.4 cm³/mol. The molecule has 0 bridgehead atoms. The SMILES string of the molecule is CN(C(=O)c1ccc(=O)[nH]c1)C1CCCCC1O. The maximum Gasteiger partial charge on any atom is 0.255 e. The van der Waals surface area contributed by atoms with E-state index >= 15 is 0 Å². The minimum atomic E-state index is -0.449. The summed E-state index contributed by atoms with van der Waals surface area (Å²) in [5.41, 5.74) is 0.210. The molecule has 1 aliphatic carbocycles. The molecular weight excluding hydrogens is 232 g/mol. The van der Waals surface area contributed by atoms with Crippen LogP contribution in [0.3, 0.4) is 0 Å². The van der Waals surface area contributed by atoms with Crippen LogP contribution in [0.25, 0.3) is 0 Å². The number of hydrogen-bond donors (Lipinski definition) is 2. The summed E-state index contributed by atoms with van der Waals surface area (Å²) in [4.78, 5) is 27.2. The summed E-state index contributed by atoms with van der Waals surface area (Å²) in [7, 11) is 1.70. The quantitative estimate of drug-likeness (QED) is 0.813. The van der Waals surface area contributed by atoms with Gasteiger partial charge in [-0.05, 0) is 18.9 Å². The molecule has 0 spiro atoms. The van der Waals surface area contributed by atoms with E-state index in [1.54, 1.807) is 11.9 Å². The number of H-pyrrole nitrogens is 1. The van der Waals surface area contributed by atoms with Gasteiger partial charge >= 0.3 is 0 Å². The minimum Gasteiger partial charge on any atom is -0.391 e. The molecule has 0 aromatic carbocycles. The lowest BCUT2D eigenvalue weighted by atomic mass is 9.91. The number of carbonyl (C=O) groups excluding carboxylic acids is 1. The molecule has 98 valence electrons. The molecule has 2 unspecified atom stereocenters. The Hall–Kier alpha value is -1.62. The summed E-state index contributed by atoms with van der Waals surface area (Å²) in [6.07, 6.45) is 4.58. The topological polar surface area (TPSA) is 73.4 Å². The van der Waals surface area contributed by atoms with Crippen LogP contribution in [0.15, 0.2) is 23.1 Å². The molecule has 1 amide bonds. The Bertz CT molecular complexity index is 463. The van der Waals surface area contributed by atoms with Crippen LogP contribution in [-0.4, -0.2) is 40.1 Å². The van der Waals surface area contributed by atoms with E-state index in [1.165, 1.54) is 18.3 Å². The van der Waals surface area contributed by atoms with Gasteiger partial charge < -0.3 is 15.0 Å². The van der Waals surface area contributed by atoms with Crippen molar-refractivity contribution >= 4 is 5.91 Å². The van der Waals surface area contributed by atoms with Gasteiger partial charge in [0.25, 0.3) is 5.91 Å². The van der Waals surface area contributed by atoms with Crippen LogP contribution in [0.1, 0.15) is 36.0 Å². The first-order valence-corrected chi connectivity index (χ1v) is 6.23. The van der Waals surface area contributed by atoms with Gasteiger partial charge in [-0.3, -0.25) is 9.59 Å². The Morgan fingerprint density at radius 3 is 2.72 bits per heavy atom. The van der Waals surface area contributed by atoms with Gasteiger partial charge in [-0.2, -0.15) is 0 Å². The number of nitrogens with one attached hydrogen (secondary N) is 1. The molecule has 1 heterocycles. The highest BCUT2D eigenvalue weighted by Gasteiger charge is 2.29. The van der Waals surface area contributed by atoms with Gasteiger partial charge in [0.15, 0.2) is 0 Å². The molecule has 0 radical (unpaired) electrons. The number of nitrogens with zero attached hydrogens (tertiary/aromatic N) is 1. The van der Waals surface area contributed by atoms with Crippen molar-refractivity contribution in [2.75, 3.05) is 7.05 Å². The molecule has 1 saturated carbocycles. The summed E-state index contributed by atoms with van der Waals surface area (Å²) < 4.78 is 0. The summed E-state index contributed by atoms with van der Waals surface area (Å²) >= 11 is 0. The van der Waals surface area contributed by atoms with Crippen LogP contribution >= 0.6 is 0 Å². The Labute approximate surface area is 105 Å². The fourth-order valence-electron chi connectivity index (χ4n) is 2.44. The third-order valence-electron chi connectivity index (χ3n) is 3.54. The summed E-state index contributed by atoms with van der Waals surface area (Å²) in [5, 5.41) is 9.93. The van der Waals surface area contributed by atoms with Crippen LogP contribution in [0.2, 0.25) is 0 Å². The number of aliphatic hydroxyl groups excluding tert-OH is 1.